The Labute approximate surface area is 109 Å². The van der Waals surface area contributed by atoms with E-state index in [1.165, 1.54) is 32.1 Å². The third-order valence-corrected chi connectivity index (χ3v) is 4.09. The SMILES string of the molecule is CCC1CCC(Nc2ccc(N)cc2Cl)CC1. The lowest BCUT2D eigenvalue weighted by Gasteiger charge is -2.29. The molecule has 0 atom stereocenters. The molecule has 0 unspecified atom stereocenters. The lowest BCUT2D eigenvalue weighted by Crippen LogP contribution is -2.26. The zero-order chi connectivity index (χ0) is 12.3. The second kappa shape index (κ2) is 5.63. The second-order valence-corrected chi connectivity index (χ2v) is 5.42. The van der Waals surface area contributed by atoms with Gasteiger partial charge in [-0.15, -0.1) is 0 Å². The van der Waals surface area contributed by atoms with Crippen LogP contribution in [-0.2, 0) is 0 Å². The molecule has 1 aromatic carbocycles. The fourth-order valence-electron chi connectivity index (χ4n) is 2.58. The molecular weight excluding hydrogens is 232 g/mol. The minimum atomic E-state index is 0.568. The van der Waals surface area contributed by atoms with Gasteiger partial charge in [-0.2, -0.15) is 0 Å². The third kappa shape index (κ3) is 3.29. The molecule has 2 nitrogen and oxygen atoms in total. The summed E-state index contributed by atoms with van der Waals surface area (Å²) in [6.07, 6.45) is 6.48. The van der Waals surface area contributed by atoms with E-state index >= 15 is 0 Å². The van der Waals surface area contributed by atoms with Crippen molar-refractivity contribution in [3.8, 4) is 0 Å². The van der Waals surface area contributed by atoms with Crippen LogP contribution in [0.15, 0.2) is 18.2 Å². The van der Waals surface area contributed by atoms with Gasteiger partial charge in [-0.1, -0.05) is 24.9 Å². The van der Waals surface area contributed by atoms with E-state index in [-0.39, 0.29) is 0 Å². The van der Waals surface area contributed by atoms with Gasteiger partial charge in [0.2, 0.25) is 0 Å². The molecule has 0 amide bonds. The van der Waals surface area contributed by atoms with Gasteiger partial charge in [0, 0.05) is 11.7 Å². The fourth-order valence-corrected chi connectivity index (χ4v) is 2.83. The molecule has 0 radical (unpaired) electrons. The van der Waals surface area contributed by atoms with Crippen molar-refractivity contribution in [2.45, 2.75) is 45.1 Å². The number of nitrogens with one attached hydrogen (secondary N) is 1. The summed E-state index contributed by atoms with van der Waals surface area (Å²) >= 11 is 6.16. The summed E-state index contributed by atoms with van der Waals surface area (Å²) < 4.78 is 0. The average Bonchev–Trinajstić information content (AvgIpc) is 2.34. The first-order valence-electron chi connectivity index (χ1n) is 6.50. The largest absolute Gasteiger partial charge is 0.399 e. The van der Waals surface area contributed by atoms with Crippen LogP contribution in [0.3, 0.4) is 0 Å². The van der Waals surface area contributed by atoms with Crippen LogP contribution in [0.25, 0.3) is 0 Å². The number of nitrogens with two attached hydrogens (primary N) is 1. The van der Waals surface area contributed by atoms with Crippen molar-refractivity contribution in [1.82, 2.24) is 0 Å². The smallest absolute Gasteiger partial charge is 0.0658 e. The van der Waals surface area contributed by atoms with Crippen molar-refractivity contribution in [3.05, 3.63) is 23.2 Å². The summed E-state index contributed by atoms with van der Waals surface area (Å²) in [5.41, 5.74) is 7.42. The second-order valence-electron chi connectivity index (χ2n) is 5.01. The Morgan fingerprint density at radius 2 is 2.00 bits per heavy atom. The van der Waals surface area contributed by atoms with Crippen molar-refractivity contribution in [1.29, 1.82) is 0 Å². The third-order valence-electron chi connectivity index (χ3n) is 3.78. The molecule has 0 spiro atoms. The fraction of sp³-hybridized carbons (Fsp3) is 0.571. The van der Waals surface area contributed by atoms with Gasteiger partial charge in [0.25, 0.3) is 0 Å². The van der Waals surface area contributed by atoms with Crippen LogP contribution in [0.5, 0.6) is 0 Å². The van der Waals surface area contributed by atoms with Crippen molar-refractivity contribution in [3.63, 3.8) is 0 Å². The number of halogens is 1. The molecule has 0 aromatic heterocycles. The van der Waals surface area contributed by atoms with Crippen LogP contribution in [0.4, 0.5) is 11.4 Å². The van der Waals surface area contributed by atoms with Crippen LogP contribution in [0.2, 0.25) is 5.02 Å². The lowest BCUT2D eigenvalue weighted by atomic mass is 9.84. The van der Waals surface area contributed by atoms with E-state index < -0.39 is 0 Å². The van der Waals surface area contributed by atoms with E-state index in [1.807, 2.05) is 18.2 Å². The number of anilines is 2. The number of benzene rings is 1. The molecule has 94 valence electrons. The molecule has 17 heavy (non-hydrogen) atoms. The molecule has 1 aromatic rings. The summed E-state index contributed by atoms with van der Waals surface area (Å²) in [7, 11) is 0. The quantitative estimate of drug-likeness (QED) is 0.787. The van der Waals surface area contributed by atoms with Crippen molar-refractivity contribution in [2.75, 3.05) is 11.1 Å². The zero-order valence-electron chi connectivity index (χ0n) is 10.4. The van der Waals surface area contributed by atoms with E-state index in [9.17, 15) is 0 Å². The Morgan fingerprint density at radius 3 is 2.59 bits per heavy atom. The van der Waals surface area contributed by atoms with Gasteiger partial charge in [-0.3, -0.25) is 0 Å². The van der Waals surface area contributed by atoms with Crippen LogP contribution < -0.4 is 11.1 Å². The maximum Gasteiger partial charge on any atom is 0.0658 e. The molecule has 1 aliphatic rings. The van der Waals surface area contributed by atoms with E-state index in [0.717, 1.165) is 22.3 Å². The Morgan fingerprint density at radius 1 is 1.29 bits per heavy atom. The van der Waals surface area contributed by atoms with E-state index in [4.69, 9.17) is 17.3 Å². The highest BCUT2D eigenvalue weighted by atomic mass is 35.5. The molecule has 0 bridgehead atoms. The van der Waals surface area contributed by atoms with E-state index in [0.29, 0.717) is 6.04 Å². The maximum atomic E-state index is 6.16. The molecule has 3 N–H and O–H groups in total. The highest BCUT2D eigenvalue weighted by Crippen LogP contribution is 2.31. The Bertz CT molecular complexity index is 370. The van der Waals surface area contributed by atoms with Crippen molar-refractivity contribution >= 4 is 23.0 Å². The normalized spacial score (nSPS) is 24.6. The summed E-state index contributed by atoms with van der Waals surface area (Å²) in [6.45, 7) is 2.29. The maximum absolute atomic E-state index is 6.16. The van der Waals surface area contributed by atoms with Crippen LogP contribution in [0.1, 0.15) is 39.0 Å². The first kappa shape index (κ1) is 12.6. The van der Waals surface area contributed by atoms with Crippen molar-refractivity contribution < 1.29 is 0 Å². The van der Waals surface area contributed by atoms with Crippen LogP contribution in [-0.4, -0.2) is 6.04 Å². The molecule has 0 saturated heterocycles. The van der Waals surface area contributed by atoms with Crippen LogP contribution in [0, 0.1) is 5.92 Å². The van der Waals surface area contributed by atoms with Gasteiger partial charge in [0.05, 0.1) is 10.7 Å². The monoisotopic (exact) mass is 252 g/mol. The number of rotatable bonds is 3. The highest BCUT2D eigenvalue weighted by Gasteiger charge is 2.20. The Kier molecular flexibility index (Phi) is 4.16. The van der Waals surface area contributed by atoms with Gasteiger partial charge in [0.15, 0.2) is 0 Å². The van der Waals surface area contributed by atoms with Gasteiger partial charge in [-0.05, 0) is 49.8 Å². The summed E-state index contributed by atoms with van der Waals surface area (Å²) in [5, 5.41) is 4.26. The minimum absolute atomic E-state index is 0.568. The van der Waals surface area contributed by atoms with Gasteiger partial charge in [-0.25, -0.2) is 0 Å². The number of hydrogen-bond acceptors (Lipinski definition) is 2. The average molecular weight is 253 g/mol. The minimum Gasteiger partial charge on any atom is -0.399 e. The molecule has 1 fully saturated rings. The molecule has 2 rings (SSSR count). The van der Waals surface area contributed by atoms with Gasteiger partial charge in [0.1, 0.15) is 0 Å². The molecular formula is C14H21ClN2. The summed E-state index contributed by atoms with van der Waals surface area (Å²) in [4.78, 5) is 0. The van der Waals surface area contributed by atoms with Gasteiger partial charge < -0.3 is 11.1 Å². The van der Waals surface area contributed by atoms with E-state index in [2.05, 4.69) is 12.2 Å². The predicted molar refractivity (Wildman–Crippen MR) is 75.5 cm³/mol. The highest BCUT2D eigenvalue weighted by molar-refractivity contribution is 6.33. The standard InChI is InChI=1S/C14H21ClN2/c1-2-10-3-6-12(7-4-10)17-14-8-5-11(16)9-13(14)15/h5,8-10,12,17H,2-4,6-7,16H2,1H3. The number of nitrogen functional groups attached to an aromatic ring is 1. The summed E-state index contributed by atoms with van der Waals surface area (Å²) in [6, 6.07) is 6.25. The number of hydrogen-bond donors (Lipinski definition) is 2. The van der Waals surface area contributed by atoms with Crippen molar-refractivity contribution in [2.24, 2.45) is 5.92 Å². The molecule has 1 saturated carbocycles. The topological polar surface area (TPSA) is 38.0 Å². The lowest BCUT2D eigenvalue weighted by molar-refractivity contribution is 0.330. The zero-order valence-corrected chi connectivity index (χ0v) is 11.1. The Hall–Kier alpha value is -0.890. The van der Waals surface area contributed by atoms with Crippen LogP contribution >= 0.6 is 11.6 Å². The predicted octanol–water partition coefficient (Wildman–Crippen LogP) is 4.30. The molecule has 0 aliphatic heterocycles. The molecule has 3 heteroatoms. The first-order valence-corrected chi connectivity index (χ1v) is 6.88. The van der Waals surface area contributed by atoms with E-state index in [1.54, 1.807) is 0 Å². The molecule has 0 heterocycles. The van der Waals surface area contributed by atoms with Gasteiger partial charge >= 0.3 is 0 Å². The summed E-state index contributed by atoms with van der Waals surface area (Å²) in [5.74, 6) is 0.926. The first-order chi connectivity index (χ1) is 8.19. The molecule has 1 aliphatic carbocycles. The Balaban J connectivity index is 1.93.